The highest BCUT2D eigenvalue weighted by Gasteiger charge is 1.98. The molecule has 0 aliphatic rings. The fourth-order valence-corrected chi connectivity index (χ4v) is 0.952. The van der Waals surface area contributed by atoms with E-state index < -0.39 is 0 Å². The maximum absolute atomic E-state index is 3.93. The van der Waals surface area contributed by atoms with E-state index in [0.29, 0.717) is 0 Å². The van der Waals surface area contributed by atoms with Gasteiger partial charge in [-0.3, -0.25) is 0 Å². The first-order valence-corrected chi connectivity index (χ1v) is 5.33. The molecule has 0 rings (SSSR count). The molecule has 0 aliphatic heterocycles. The first-order valence-electron chi connectivity index (χ1n) is 5.33. The van der Waals surface area contributed by atoms with Gasteiger partial charge < -0.3 is 10.6 Å². The molecule has 1 atom stereocenters. The molecule has 1 unspecified atom stereocenters. The molecule has 82 valence electrons. The lowest BCUT2D eigenvalue weighted by molar-refractivity contribution is 0.509. The molecule has 0 saturated heterocycles. The van der Waals surface area contributed by atoms with Crippen molar-refractivity contribution in [3.8, 4) is 0 Å². The third-order valence-electron chi connectivity index (χ3n) is 2.17. The van der Waals surface area contributed by atoms with Crippen LogP contribution in [0, 0.1) is 5.92 Å². The highest BCUT2D eigenvalue weighted by atomic mass is 15.0. The largest absolute Gasteiger partial charge is 0.384 e. The second kappa shape index (κ2) is 7.63. The molecule has 0 aromatic heterocycles. The molecule has 0 aromatic rings. The van der Waals surface area contributed by atoms with Crippen LogP contribution in [0.4, 0.5) is 0 Å². The van der Waals surface area contributed by atoms with Crippen LogP contribution >= 0.6 is 0 Å². The van der Waals surface area contributed by atoms with Gasteiger partial charge in [-0.15, -0.1) is 0 Å². The van der Waals surface area contributed by atoms with Crippen molar-refractivity contribution >= 4 is 0 Å². The fourth-order valence-electron chi connectivity index (χ4n) is 0.952. The Labute approximate surface area is 88.5 Å². The van der Waals surface area contributed by atoms with Crippen LogP contribution in [0.25, 0.3) is 0 Å². The second-order valence-electron chi connectivity index (χ2n) is 4.06. The summed E-state index contributed by atoms with van der Waals surface area (Å²) in [5.74, 6) is 0.740. The summed E-state index contributed by atoms with van der Waals surface area (Å²) < 4.78 is 0. The van der Waals surface area contributed by atoms with Gasteiger partial charge in [0.2, 0.25) is 0 Å². The van der Waals surface area contributed by atoms with Gasteiger partial charge in [-0.25, -0.2) is 0 Å². The lowest BCUT2D eigenvalue weighted by Crippen LogP contribution is -2.28. The predicted molar refractivity (Wildman–Crippen MR) is 64.3 cm³/mol. The maximum Gasteiger partial charge on any atom is 0.0352 e. The maximum atomic E-state index is 3.93. The van der Waals surface area contributed by atoms with E-state index in [9.17, 15) is 0 Å². The van der Waals surface area contributed by atoms with Crippen molar-refractivity contribution in [2.75, 3.05) is 19.6 Å². The zero-order chi connectivity index (χ0) is 11.0. The Morgan fingerprint density at radius 1 is 1.29 bits per heavy atom. The van der Waals surface area contributed by atoms with Gasteiger partial charge in [0.1, 0.15) is 0 Å². The van der Waals surface area contributed by atoms with Crippen molar-refractivity contribution in [1.29, 1.82) is 0 Å². The third-order valence-corrected chi connectivity index (χ3v) is 2.17. The Hall–Kier alpha value is -0.760. The Morgan fingerprint density at radius 2 is 1.93 bits per heavy atom. The molecular weight excluding hydrogens is 172 g/mol. The normalized spacial score (nSPS) is 12.2. The van der Waals surface area contributed by atoms with Crippen molar-refractivity contribution in [2.24, 2.45) is 5.92 Å². The average Bonchev–Trinajstić information content (AvgIpc) is 2.14. The summed E-state index contributed by atoms with van der Waals surface area (Å²) in [7, 11) is 0. The first kappa shape index (κ1) is 13.2. The van der Waals surface area contributed by atoms with Crippen molar-refractivity contribution in [1.82, 2.24) is 10.6 Å². The average molecular weight is 196 g/mol. The van der Waals surface area contributed by atoms with Gasteiger partial charge in [0.25, 0.3) is 0 Å². The Balaban J connectivity index is 3.40. The molecule has 0 aromatic carbocycles. The SMILES string of the molecule is C=C(C)CNC(=C)CNCC(C)CC. The monoisotopic (exact) mass is 196 g/mol. The lowest BCUT2D eigenvalue weighted by atomic mass is 10.1. The lowest BCUT2D eigenvalue weighted by Gasteiger charge is -2.13. The zero-order valence-electron chi connectivity index (χ0n) is 9.82. The van der Waals surface area contributed by atoms with E-state index in [1.54, 1.807) is 0 Å². The van der Waals surface area contributed by atoms with E-state index in [0.717, 1.165) is 36.8 Å². The molecule has 2 N–H and O–H groups in total. The molecule has 0 spiro atoms. The summed E-state index contributed by atoms with van der Waals surface area (Å²) in [6, 6.07) is 0. The Bertz CT molecular complexity index is 185. The number of hydrogen-bond donors (Lipinski definition) is 2. The Morgan fingerprint density at radius 3 is 2.43 bits per heavy atom. The van der Waals surface area contributed by atoms with E-state index in [1.165, 1.54) is 6.42 Å². The van der Waals surface area contributed by atoms with Crippen LogP contribution in [0.5, 0.6) is 0 Å². The highest BCUT2D eigenvalue weighted by Crippen LogP contribution is 1.97. The van der Waals surface area contributed by atoms with Gasteiger partial charge in [-0.2, -0.15) is 0 Å². The van der Waals surface area contributed by atoms with E-state index in [-0.39, 0.29) is 0 Å². The number of hydrogen-bond acceptors (Lipinski definition) is 2. The van der Waals surface area contributed by atoms with Crippen molar-refractivity contribution in [3.05, 3.63) is 24.4 Å². The van der Waals surface area contributed by atoms with E-state index in [2.05, 4.69) is 37.6 Å². The quantitative estimate of drug-likeness (QED) is 0.582. The minimum Gasteiger partial charge on any atom is -0.384 e. The van der Waals surface area contributed by atoms with Gasteiger partial charge in [-0.1, -0.05) is 39.0 Å². The van der Waals surface area contributed by atoms with Gasteiger partial charge in [-0.05, 0) is 19.4 Å². The fraction of sp³-hybridized carbons (Fsp3) is 0.667. The zero-order valence-corrected chi connectivity index (χ0v) is 9.82. The molecule has 2 nitrogen and oxygen atoms in total. The molecule has 0 amide bonds. The molecule has 2 heteroatoms. The van der Waals surface area contributed by atoms with Crippen LogP contribution in [-0.4, -0.2) is 19.6 Å². The Kier molecular flexibility index (Phi) is 7.21. The molecule has 0 fully saturated rings. The summed E-state index contributed by atoms with van der Waals surface area (Å²) >= 11 is 0. The van der Waals surface area contributed by atoms with Crippen LogP contribution in [0.1, 0.15) is 27.2 Å². The summed E-state index contributed by atoms with van der Waals surface area (Å²) in [6.07, 6.45) is 1.22. The predicted octanol–water partition coefficient (Wildman–Crippen LogP) is 2.30. The van der Waals surface area contributed by atoms with Crippen molar-refractivity contribution in [3.63, 3.8) is 0 Å². The first-order chi connectivity index (χ1) is 6.56. The van der Waals surface area contributed by atoms with Crippen molar-refractivity contribution in [2.45, 2.75) is 27.2 Å². The second-order valence-corrected chi connectivity index (χ2v) is 4.06. The standard InChI is InChI=1S/C12H24N2/c1-6-11(4)8-13-9-12(5)14-7-10(2)3/h11,13-14H,2,5-9H2,1,3-4H3. The smallest absolute Gasteiger partial charge is 0.0352 e. The summed E-state index contributed by atoms with van der Waals surface area (Å²) in [5, 5.41) is 6.59. The van der Waals surface area contributed by atoms with E-state index in [1.807, 2.05) is 6.92 Å². The van der Waals surface area contributed by atoms with Crippen LogP contribution < -0.4 is 10.6 Å². The van der Waals surface area contributed by atoms with Crippen LogP contribution in [0.15, 0.2) is 24.4 Å². The molecule has 0 bridgehead atoms. The molecule has 14 heavy (non-hydrogen) atoms. The minimum atomic E-state index is 0.740. The van der Waals surface area contributed by atoms with E-state index in [4.69, 9.17) is 0 Å². The number of nitrogens with one attached hydrogen (secondary N) is 2. The third kappa shape index (κ3) is 7.87. The molecule has 0 heterocycles. The van der Waals surface area contributed by atoms with Gasteiger partial charge in [0.05, 0.1) is 0 Å². The van der Waals surface area contributed by atoms with Crippen LogP contribution in [0.3, 0.4) is 0 Å². The summed E-state index contributed by atoms with van der Waals surface area (Å²) in [6.45, 7) is 17.0. The highest BCUT2D eigenvalue weighted by molar-refractivity contribution is 5.00. The molecule has 0 aliphatic carbocycles. The van der Waals surface area contributed by atoms with Gasteiger partial charge in [0.15, 0.2) is 0 Å². The van der Waals surface area contributed by atoms with Crippen LogP contribution in [0.2, 0.25) is 0 Å². The number of rotatable bonds is 8. The van der Waals surface area contributed by atoms with Gasteiger partial charge >= 0.3 is 0 Å². The molecular formula is C12H24N2. The van der Waals surface area contributed by atoms with Crippen LogP contribution in [-0.2, 0) is 0 Å². The van der Waals surface area contributed by atoms with Gasteiger partial charge in [0, 0.05) is 18.8 Å². The molecule has 0 saturated carbocycles. The van der Waals surface area contributed by atoms with Crippen molar-refractivity contribution < 1.29 is 0 Å². The topological polar surface area (TPSA) is 24.1 Å². The van der Waals surface area contributed by atoms with E-state index >= 15 is 0 Å². The summed E-state index contributed by atoms with van der Waals surface area (Å²) in [5.41, 5.74) is 2.17. The summed E-state index contributed by atoms with van der Waals surface area (Å²) in [4.78, 5) is 0. The minimum absolute atomic E-state index is 0.740. The molecule has 0 radical (unpaired) electrons.